The number of nitrogens with one attached hydrogen (secondary N) is 6. The maximum atomic E-state index is 13.4. The number of anilines is 3. The molecule has 562 valence electrons. The molecule has 0 bridgehead atoms. The number of carboxylic acid groups (broad SMARTS) is 2. The number of carbonyl (C=O) groups excluding carboxylic acids is 7. The summed E-state index contributed by atoms with van der Waals surface area (Å²) in [5.41, 5.74) is 17.1. The first kappa shape index (κ1) is 75.2. The van der Waals surface area contributed by atoms with Gasteiger partial charge in [0.15, 0.2) is 27.2 Å². The largest absolute Gasteiger partial charge is 0.508 e. The second kappa shape index (κ2) is 31.9. The van der Waals surface area contributed by atoms with Crippen molar-refractivity contribution in [2.75, 3.05) is 29.0 Å². The van der Waals surface area contributed by atoms with Gasteiger partial charge < -0.3 is 56.2 Å². The lowest BCUT2D eigenvalue weighted by molar-refractivity contribution is -0.138. The minimum atomic E-state index is -3.87. The molecule has 7 heterocycles. The number of likely N-dealkylation sites (tertiary alicyclic amines) is 1. The van der Waals surface area contributed by atoms with E-state index in [-0.39, 0.29) is 105 Å². The fourth-order valence-electron chi connectivity index (χ4n) is 15.6. The van der Waals surface area contributed by atoms with Gasteiger partial charge in [0.25, 0.3) is 17.7 Å². The van der Waals surface area contributed by atoms with Crippen LogP contribution in [0, 0.1) is 0 Å². The lowest BCUT2D eigenvalue weighted by Crippen LogP contribution is -2.27. The number of aromatic nitrogens is 3. The van der Waals surface area contributed by atoms with Crippen molar-refractivity contribution in [1.29, 1.82) is 0 Å². The summed E-state index contributed by atoms with van der Waals surface area (Å²) >= 11 is 12.5. The van der Waals surface area contributed by atoms with Gasteiger partial charge in [0, 0.05) is 152 Å². The summed E-state index contributed by atoms with van der Waals surface area (Å²) in [4.78, 5) is 125. The van der Waals surface area contributed by atoms with Gasteiger partial charge in [0.05, 0.1) is 27.4 Å². The van der Waals surface area contributed by atoms with Gasteiger partial charge in [-0.3, -0.25) is 43.2 Å². The molecule has 0 unspecified atom stereocenters. The van der Waals surface area contributed by atoms with Crippen LogP contribution in [0.1, 0.15) is 188 Å². The van der Waals surface area contributed by atoms with Crippen LogP contribution in [0.5, 0.6) is 11.5 Å². The summed E-state index contributed by atoms with van der Waals surface area (Å²) in [5, 5.41) is 46.7. The van der Waals surface area contributed by atoms with Gasteiger partial charge in [-0.25, -0.2) is 8.42 Å². The number of nitrogens with zero attached hydrogens (tertiary/aromatic N) is 1. The van der Waals surface area contributed by atoms with Crippen molar-refractivity contribution < 1.29 is 72.0 Å². The van der Waals surface area contributed by atoms with E-state index in [1.54, 1.807) is 66.8 Å². The summed E-state index contributed by atoms with van der Waals surface area (Å²) in [6.45, 7) is 1.51. The maximum Gasteiger partial charge on any atom is 0.303 e. The molecule has 110 heavy (non-hydrogen) atoms. The van der Waals surface area contributed by atoms with Crippen LogP contribution in [-0.4, -0.2) is 115 Å². The summed E-state index contributed by atoms with van der Waals surface area (Å²) in [5.74, 6) is -2.62. The first-order chi connectivity index (χ1) is 52.9. The van der Waals surface area contributed by atoms with E-state index in [4.69, 9.17) is 23.2 Å². The number of hydrogen-bond acceptors (Lipinski definition) is 13. The number of halogens is 2. The average molecular weight is 1540 g/mol. The standard InChI is InChI=1S/C31H29Cl2N3O5S.2C27H24N2O5/c32-23-5-3-6-24(33)22(23)17-42(40,41)18-9-11-25-20(15-18)21(31(39)35-25)16-27-19(10-12-29(38)36-13-1-2-14-36)30-26(34-27)7-4-8-28(30)37;2*30-17-8-5-15(6-9-17)16-7-10-18-20(27(34)29-22(18)13-16)14-23-19(11-12-25(32)33)26-21(28-23)3-1-2-4-24(26)31/h3,5-6,9,11,15-16,34H,1-2,4,7-8,10,12-14,17H2,(H,35,39);2*5-10,13-14,28,30H,1-4,11-12H2,(H,29,34)(H,32,33). The highest BCUT2D eigenvalue weighted by atomic mass is 35.5. The number of rotatable bonds is 17. The number of fused-ring (bicyclic) bond motifs is 6. The molecule has 25 heteroatoms. The van der Waals surface area contributed by atoms with Crippen molar-refractivity contribution in [3.05, 3.63) is 221 Å². The minimum Gasteiger partial charge on any atom is -0.508 e. The van der Waals surface area contributed by atoms with E-state index in [1.807, 2.05) is 65.6 Å². The highest BCUT2D eigenvalue weighted by Crippen LogP contribution is 2.43. The summed E-state index contributed by atoms with van der Waals surface area (Å²) < 4.78 is 26.8. The van der Waals surface area contributed by atoms with Gasteiger partial charge in [-0.15, -0.1) is 0 Å². The Bertz CT molecular complexity index is 5310. The molecule has 16 rings (SSSR count). The molecule has 1 saturated heterocycles. The number of ketones is 3. The van der Waals surface area contributed by atoms with Crippen LogP contribution in [0.4, 0.5) is 17.1 Å². The molecule has 9 aromatic rings. The van der Waals surface area contributed by atoms with E-state index >= 15 is 0 Å². The highest BCUT2D eigenvalue weighted by molar-refractivity contribution is 7.90. The number of carbonyl (C=O) groups is 9. The molecule has 3 aliphatic carbocycles. The third-order valence-corrected chi connectivity index (χ3v) is 23.4. The number of carboxylic acids is 2. The molecule has 4 aliphatic heterocycles. The van der Waals surface area contributed by atoms with Gasteiger partial charge in [0.2, 0.25) is 5.91 Å². The monoisotopic (exact) mass is 1540 g/mol. The Labute approximate surface area is 642 Å². The van der Waals surface area contributed by atoms with E-state index < -0.39 is 27.5 Å². The molecule has 22 nitrogen and oxygen atoms in total. The van der Waals surface area contributed by atoms with E-state index in [9.17, 15) is 72.0 Å². The van der Waals surface area contributed by atoms with Crippen molar-refractivity contribution in [2.24, 2.45) is 0 Å². The smallest absolute Gasteiger partial charge is 0.303 e. The van der Waals surface area contributed by atoms with E-state index in [0.29, 0.717) is 116 Å². The van der Waals surface area contributed by atoms with Crippen molar-refractivity contribution in [3.8, 4) is 33.8 Å². The van der Waals surface area contributed by atoms with Gasteiger partial charge in [-0.2, -0.15) is 0 Å². The second-order valence-electron chi connectivity index (χ2n) is 28.3. The van der Waals surface area contributed by atoms with Gasteiger partial charge in [-0.1, -0.05) is 77.8 Å². The summed E-state index contributed by atoms with van der Waals surface area (Å²) in [7, 11) is -3.87. The van der Waals surface area contributed by atoms with Crippen LogP contribution in [0.25, 0.3) is 57.2 Å². The summed E-state index contributed by atoms with van der Waals surface area (Å²) in [6.07, 6.45) is 15.7. The van der Waals surface area contributed by atoms with Crippen LogP contribution < -0.4 is 16.0 Å². The molecule has 10 N–H and O–H groups in total. The summed E-state index contributed by atoms with van der Waals surface area (Å²) in [6, 6.07) is 34.3. The number of H-pyrrole nitrogens is 3. The third-order valence-electron chi connectivity index (χ3n) is 21.1. The number of sulfone groups is 1. The predicted octanol–water partition coefficient (Wildman–Crippen LogP) is 15.5. The lowest BCUT2D eigenvalue weighted by atomic mass is 9.91. The maximum absolute atomic E-state index is 13.4. The Hall–Kier alpha value is -11.7. The Morgan fingerprint density at radius 3 is 1.26 bits per heavy atom. The zero-order valence-corrected chi connectivity index (χ0v) is 62.1. The number of benzene rings is 6. The average Bonchev–Trinajstić information content (AvgIpc) is 1.22. The Balaban J connectivity index is 0.000000139. The fourth-order valence-corrected chi connectivity index (χ4v) is 17.7. The molecule has 4 amide bonds. The molecule has 3 aromatic heterocycles. The number of phenolic OH excluding ortho intramolecular Hbond substituents is 2. The van der Waals surface area contributed by atoms with E-state index in [0.717, 1.165) is 127 Å². The van der Waals surface area contributed by atoms with Crippen LogP contribution in [-0.2, 0) is 82.9 Å². The molecular weight excluding hydrogens is 1460 g/mol. The van der Waals surface area contributed by atoms with Crippen molar-refractivity contribution in [3.63, 3.8) is 0 Å². The number of amides is 4. The number of aliphatic carboxylic acids is 2. The van der Waals surface area contributed by atoms with Gasteiger partial charge in [0.1, 0.15) is 11.5 Å². The molecular formula is C85H77Cl2N7O15S. The minimum absolute atomic E-state index is 0.0250. The van der Waals surface area contributed by atoms with Crippen LogP contribution in [0.15, 0.2) is 126 Å². The highest BCUT2D eigenvalue weighted by Gasteiger charge is 2.35. The number of aromatic amines is 3. The molecule has 0 saturated carbocycles. The Morgan fingerprint density at radius 1 is 0.427 bits per heavy atom. The Kier molecular flexibility index (Phi) is 21.8. The molecule has 1 fully saturated rings. The van der Waals surface area contributed by atoms with Crippen LogP contribution >= 0.6 is 23.2 Å². The van der Waals surface area contributed by atoms with Crippen molar-refractivity contribution in [1.82, 2.24) is 19.9 Å². The topological polar surface area (TPSA) is 355 Å². The second-order valence-corrected chi connectivity index (χ2v) is 31.1. The van der Waals surface area contributed by atoms with Crippen LogP contribution in [0.2, 0.25) is 10.0 Å². The number of aromatic hydroxyl groups is 2. The SMILES string of the molecule is O=C(O)CCc1c(C=C2C(=O)Nc3cc(-c4ccc(O)cc4)ccc32)[nH]c2c1C(=O)CCCC2.O=C(O)CCc1c(C=C2C(=O)Nc3cc(-c4ccc(O)cc4)ccc32)[nH]c2c1C(=O)CCCC2.O=C1Nc2ccc(S(=O)(=O)Cc3c(Cl)cccc3Cl)cc2C1=Cc1[nH]c2c(c1CCC(=O)N1CCCC1)C(=O)CCC2. The Morgan fingerprint density at radius 2 is 0.818 bits per heavy atom. The van der Waals surface area contributed by atoms with Crippen molar-refractivity contribution >= 4 is 138 Å². The quantitative estimate of drug-likeness (QED) is 0.0299. The van der Waals surface area contributed by atoms with Crippen molar-refractivity contribution in [2.45, 2.75) is 133 Å². The fraction of sp³-hybridized carbons (Fsp3) is 0.259. The van der Waals surface area contributed by atoms with Gasteiger partial charge in [-0.05, 0) is 207 Å². The predicted molar refractivity (Wildman–Crippen MR) is 420 cm³/mol. The third kappa shape index (κ3) is 15.9. The van der Waals surface area contributed by atoms with E-state index in [2.05, 4.69) is 30.9 Å². The molecule has 7 aliphatic rings. The van der Waals surface area contributed by atoms with E-state index in [1.165, 1.54) is 12.1 Å². The number of aryl methyl sites for hydroxylation is 3. The van der Waals surface area contributed by atoms with Gasteiger partial charge >= 0.3 is 11.9 Å². The lowest BCUT2D eigenvalue weighted by Gasteiger charge is -2.16. The zero-order valence-electron chi connectivity index (χ0n) is 59.7. The number of phenols is 2. The molecule has 0 spiro atoms. The number of Topliss-reactive ketones (excluding diaryl/α,β-unsaturated/α-hetero) is 3. The molecule has 0 radical (unpaired) electrons. The first-order valence-electron chi connectivity index (χ1n) is 36.7. The molecule has 6 aromatic carbocycles. The molecule has 0 atom stereocenters. The number of hydrogen-bond donors (Lipinski definition) is 10. The van der Waals surface area contributed by atoms with Crippen LogP contribution in [0.3, 0.4) is 0 Å². The first-order valence-corrected chi connectivity index (χ1v) is 39.1. The normalized spacial score (nSPS) is 16.7. The zero-order chi connectivity index (χ0) is 77.2.